The van der Waals surface area contributed by atoms with E-state index in [2.05, 4.69) is 15.6 Å². The molecule has 0 saturated heterocycles. The molecule has 9 heteroatoms. The molecule has 0 spiro atoms. The zero-order chi connectivity index (χ0) is 17.1. The lowest BCUT2D eigenvalue weighted by molar-refractivity contribution is -0.123. The van der Waals surface area contributed by atoms with Crippen LogP contribution in [0.25, 0.3) is 0 Å². The fraction of sp³-hybridized carbons (Fsp3) is 0.688. The molecule has 0 aliphatic heterocycles. The summed E-state index contributed by atoms with van der Waals surface area (Å²) >= 11 is 1.34. The molecule has 1 fully saturated rings. The van der Waals surface area contributed by atoms with Crippen LogP contribution in [0, 0.1) is 5.41 Å². The van der Waals surface area contributed by atoms with Crippen LogP contribution in [0.3, 0.4) is 0 Å². The molecule has 1 heterocycles. The Morgan fingerprint density at radius 2 is 1.88 bits per heavy atom. The average Bonchev–Trinajstić information content (AvgIpc) is 3.08. The third kappa shape index (κ3) is 6.73. The van der Waals surface area contributed by atoms with Crippen molar-refractivity contribution in [2.24, 2.45) is 11.1 Å². The fourth-order valence-electron chi connectivity index (χ4n) is 2.67. The van der Waals surface area contributed by atoms with Gasteiger partial charge in [0, 0.05) is 17.3 Å². The van der Waals surface area contributed by atoms with E-state index in [9.17, 15) is 9.59 Å². The highest BCUT2D eigenvalue weighted by molar-refractivity contribution is 7.13. The minimum Gasteiger partial charge on any atom is -0.349 e. The van der Waals surface area contributed by atoms with E-state index < -0.39 is 5.41 Å². The highest BCUT2D eigenvalue weighted by Gasteiger charge is 2.33. The van der Waals surface area contributed by atoms with Gasteiger partial charge in [-0.2, -0.15) is 0 Å². The van der Waals surface area contributed by atoms with Gasteiger partial charge in [0.25, 0.3) is 0 Å². The lowest BCUT2D eigenvalue weighted by Gasteiger charge is -2.28. The van der Waals surface area contributed by atoms with Gasteiger partial charge in [0.1, 0.15) is 0 Å². The smallest absolute Gasteiger partial charge is 0.231 e. The highest BCUT2D eigenvalue weighted by Crippen LogP contribution is 2.28. The molecule has 0 atom stereocenters. The first-order chi connectivity index (χ1) is 10.7. The molecule has 0 aromatic carbocycles. The summed E-state index contributed by atoms with van der Waals surface area (Å²) in [6.45, 7) is 6.01. The van der Waals surface area contributed by atoms with Crippen LogP contribution in [-0.2, 0) is 16.0 Å². The second kappa shape index (κ2) is 9.71. The van der Waals surface area contributed by atoms with E-state index in [1.807, 2.05) is 26.2 Å². The number of nitrogens with one attached hydrogen (secondary N) is 2. The minimum absolute atomic E-state index is 0. The topological polar surface area (TPSA) is 97.1 Å². The molecular formula is C16H28Cl2N4O2S. The molecule has 1 aromatic rings. The molecular weight excluding hydrogens is 383 g/mol. The number of aromatic nitrogens is 1. The van der Waals surface area contributed by atoms with Crippen LogP contribution in [0.1, 0.15) is 52.1 Å². The third-order valence-corrected chi connectivity index (χ3v) is 4.96. The SMILES string of the molecule is CC(C)(C)C(=O)Nc1nc(CC(=O)NC2(CN)CCCC2)cs1.Cl.Cl. The molecule has 4 N–H and O–H groups in total. The Bertz CT molecular complexity index is 581. The van der Waals surface area contributed by atoms with E-state index in [1.54, 1.807) is 0 Å². The van der Waals surface area contributed by atoms with Crippen LogP contribution in [-0.4, -0.2) is 28.9 Å². The van der Waals surface area contributed by atoms with Crippen molar-refractivity contribution < 1.29 is 9.59 Å². The monoisotopic (exact) mass is 410 g/mol. The largest absolute Gasteiger partial charge is 0.349 e. The van der Waals surface area contributed by atoms with Gasteiger partial charge in [0.2, 0.25) is 11.8 Å². The van der Waals surface area contributed by atoms with Crippen molar-refractivity contribution in [3.05, 3.63) is 11.1 Å². The van der Waals surface area contributed by atoms with Crippen molar-refractivity contribution in [2.45, 2.75) is 58.4 Å². The van der Waals surface area contributed by atoms with Crippen molar-refractivity contribution in [1.82, 2.24) is 10.3 Å². The molecule has 1 aliphatic carbocycles. The molecule has 6 nitrogen and oxygen atoms in total. The quantitative estimate of drug-likeness (QED) is 0.694. The van der Waals surface area contributed by atoms with E-state index >= 15 is 0 Å². The number of thiazole rings is 1. The van der Waals surface area contributed by atoms with Crippen LogP contribution in [0.15, 0.2) is 5.38 Å². The predicted octanol–water partition coefficient (Wildman–Crippen LogP) is 2.90. The van der Waals surface area contributed by atoms with Gasteiger partial charge in [-0.1, -0.05) is 33.6 Å². The summed E-state index contributed by atoms with van der Waals surface area (Å²) in [6.07, 6.45) is 4.32. The maximum atomic E-state index is 12.2. The van der Waals surface area contributed by atoms with E-state index in [0.29, 0.717) is 17.4 Å². The molecule has 2 amide bonds. The lowest BCUT2D eigenvalue weighted by atomic mass is 9.96. The van der Waals surface area contributed by atoms with E-state index in [4.69, 9.17) is 5.73 Å². The van der Waals surface area contributed by atoms with Crippen LogP contribution < -0.4 is 16.4 Å². The maximum absolute atomic E-state index is 12.2. The van der Waals surface area contributed by atoms with Crippen LogP contribution in [0.5, 0.6) is 0 Å². The number of amides is 2. The number of halogens is 2. The van der Waals surface area contributed by atoms with Gasteiger partial charge in [-0.05, 0) is 12.8 Å². The number of nitrogens with zero attached hydrogens (tertiary/aromatic N) is 1. The van der Waals surface area contributed by atoms with Crippen molar-refractivity contribution >= 4 is 53.1 Å². The summed E-state index contributed by atoms with van der Waals surface area (Å²) in [5.74, 6) is -0.146. The zero-order valence-electron chi connectivity index (χ0n) is 14.9. The number of carbonyl (C=O) groups is 2. The summed E-state index contributed by atoms with van der Waals surface area (Å²) < 4.78 is 0. The van der Waals surface area contributed by atoms with E-state index in [0.717, 1.165) is 25.7 Å². The Morgan fingerprint density at radius 1 is 1.28 bits per heavy atom. The number of rotatable bonds is 5. The summed E-state index contributed by atoms with van der Waals surface area (Å²) in [5.41, 5.74) is 5.79. The van der Waals surface area contributed by atoms with Crippen molar-refractivity contribution in [2.75, 3.05) is 11.9 Å². The Hall–Kier alpha value is -0.890. The maximum Gasteiger partial charge on any atom is 0.231 e. The van der Waals surface area contributed by atoms with Gasteiger partial charge >= 0.3 is 0 Å². The molecule has 2 rings (SSSR count). The second-order valence-corrected chi connectivity index (χ2v) is 8.12. The summed E-state index contributed by atoms with van der Waals surface area (Å²) in [5, 5.41) is 8.20. The summed E-state index contributed by atoms with van der Waals surface area (Å²) in [6, 6.07) is 0. The number of hydrogen-bond acceptors (Lipinski definition) is 5. The first-order valence-corrected chi connectivity index (χ1v) is 8.89. The molecule has 0 radical (unpaired) electrons. The van der Waals surface area contributed by atoms with Crippen LogP contribution in [0.4, 0.5) is 5.13 Å². The summed E-state index contributed by atoms with van der Waals surface area (Å²) in [7, 11) is 0. The Kier molecular flexibility index (Phi) is 9.36. The number of nitrogens with two attached hydrogens (primary N) is 1. The van der Waals surface area contributed by atoms with Gasteiger partial charge in [-0.3, -0.25) is 9.59 Å². The van der Waals surface area contributed by atoms with Crippen molar-refractivity contribution in [3.8, 4) is 0 Å². The second-order valence-electron chi connectivity index (χ2n) is 7.26. The standard InChI is InChI=1S/C16H26N4O2S.2ClH/c1-15(2,3)13(22)19-14-18-11(9-23-14)8-12(21)20-16(10-17)6-4-5-7-16;;/h9H,4-8,10,17H2,1-3H3,(H,20,21)(H,18,19,22);2*1H. The van der Waals surface area contributed by atoms with Gasteiger partial charge in [0.15, 0.2) is 5.13 Å². The molecule has 0 bridgehead atoms. The van der Waals surface area contributed by atoms with Gasteiger partial charge in [-0.15, -0.1) is 36.2 Å². The van der Waals surface area contributed by atoms with Crippen molar-refractivity contribution in [1.29, 1.82) is 0 Å². The average molecular weight is 411 g/mol. The van der Waals surface area contributed by atoms with Crippen molar-refractivity contribution in [3.63, 3.8) is 0 Å². The normalized spacial score (nSPS) is 15.7. The summed E-state index contributed by atoms with van der Waals surface area (Å²) in [4.78, 5) is 28.5. The Morgan fingerprint density at radius 3 is 2.40 bits per heavy atom. The minimum atomic E-state index is -0.473. The third-order valence-electron chi connectivity index (χ3n) is 4.15. The Labute approximate surface area is 165 Å². The highest BCUT2D eigenvalue weighted by atomic mass is 35.5. The van der Waals surface area contributed by atoms with Crippen LogP contribution >= 0.6 is 36.2 Å². The molecule has 1 aromatic heterocycles. The lowest BCUT2D eigenvalue weighted by Crippen LogP contribution is -2.52. The van der Waals surface area contributed by atoms with E-state index in [-0.39, 0.29) is 48.6 Å². The number of hydrogen-bond donors (Lipinski definition) is 3. The first-order valence-electron chi connectivity index (χ1n) is 8.01. The zero-order valence-corrected chi connectivity index (χ0v) is 17.3. The van der Waals surface area contributed by atoms with Gasteiger partial charge in [0.05, 0.1) is 17.7 Å². The van der Waals surface area contributed by atoms with Gasteiger partial charge in [-0.25, -0.2) is 4.98 Å². The molecule has 1 saturated carbocycles. The van der Waals surface area contributed by atoms with Gasteiger partial charge < -0.3 is 16.4 Å². The molecule has 144 valence electrons. The first kappa shape index (κ1) is 24.1. The predicted molar refractivity (Wildman–Crippen MR) is 107 cm³/mol. The fourth-order valence-corrected chi connectivity index (χ4v) is 3.37. The number of anilines is 1. The molecule has 0 unspecified atom stereocenters. The van der Waals surface area contributed by atoms with E-state index in [1.165, 1.54) is 11.3 Å². The van der Waals surface area contributed by atoms with Crippen LogP contribution in [0.2, 0.25) is 0 Å². The molecule has 25 heavy (non-hydrogen) atoms. The Balaban J connectivity index is 0.00000288. The molecule has 1 aliphatic rings. The number of carbonyl (C=O) groups excluding carboxylic acids is 2.